The Morgan fingerprint density at radius 3 is 2.38 bits per heavy atom. The Bertz CT molecular complexity index is 575. The van der Waals surface area contributed by atoms with E-state index in [9.17, 15) is 19.7 Å². The first-order valence-corrected chi connectivity index (χ1v) is 7.07. The normalized spacial score (nSPS) is 11.9. The molecule has 1 atom stereocenters. The minimum Gasteiger partial charge on any atom is -0.352 e. The van der Waals surface area contributed by atoms with Gasteiger partial charge in [-0.3, -0.25) is 19.7 Å². The van der Waals surface area contributed by atoms with Crippen molar-refractivity contribution in [1.29, 1.82) is 0 Å². The zero-order chi connectivity index (χ0) is 16.2. The lowest BCUT2D eigenvalue weighted by Gasteiger charge is -2.16. The van der Waals surface area contributed by atoms with Crippen LogP contribution in [0.4, 0.5) is 5.69 Å². The van der Waals surface area contributed by atoms with Gasteiger partial charge in [0.25, 0.3) is 11.6 Å². The van der Waals surface area contributed by atoms with Gasteiger partial charge in [0.1, 0.15) is 6.04 Å². The van der Waals surface area contributed by atoms with Crippen molar-refractivity contribution in [3.05, 3.63) is 38.3 Å². The Kier molecular flexibility index (Phi) is 5.83. The van der Waals surface area contributed by atoms with E-state index >= 15 is 0 Å². The highest BCUT2D eigenvalue weighted by Crippen LogP contribution is 2.25. The number of carbonyl (C=O) groups excluding carboxylic acids is 2. The number of hydrogen-bond donors (Lipinski definition) is 2. The molecule has 21 heavy (non-hydrogen) atoms. The monoisotopic (exact) mass is 357 g/mol. The van der Waals surface area contributed by atoms with Crippen LogP contribution in [0.15, 0.2) is 22.7 Å². The summed E-state index contributed by atoms with van der Waals surface area (Å²) >= 11 is 3.04. The number of benzene rings is 1. The molecule has 7 nitrogen and oxygen atoms in total. The molecule has 0 aliphatic carbocycles. The van der Waals surface area contributed by atoms with Crippen molar-refractivity contribution in [1.82, 2.24) is 10.6 Å². The summed E-state index contributed by atoms with van der Waals surface area (Å²) in [4.78, 5) is 34.0. The van der Waals surface area contributed by atoms with Crippen molar-refractivity contribution in [3.8, 4) is 0 Å². The van der Waals surface area contributed by atoms with Gasteiger partial charge < -0.3 is 10.6 Å². The summed E-state index contributed by atoms with van der Waals surface area (Å²) in [5.74, 6) is -0.859. The molecular formula is C13H16BrN3O4. The van der Waals surface area contributed by atoms with Crippen LogP contribution in [0.5, 0.6) is 0 Å². The zero-order valence-corrected chi connectivity index (χ0v) is 13.4. The third-order valence-corrected chi connectivity index (χ3v) is 3.25. The van der Waals surface area contributed by atoms with E-state index < -0.39 is 16.9 Å². The molecule has 1 unspecified atom stereocenters. The van der Waals surface area contributed by atoms with E-state index in [-0.39, 0.29) is 27.7 Å². The number of carbonyl (C=O) groups is 2. The van der Waals surface area contributed by atoms with Gasteiger partial charge in [0.05, 0.1) is 9.40 Å². The molecule has 0 aliphatic rings. The Balaban J connectivity index is 2.83. The van der Waals surface area contributed by atoms with E-state index in [1.165, 1.54) is 12.1 Å². The maximum atomic E-state index is 12.0. The number of nitrogens with one attached hydrogen (secondary N) is 2. The molecule has 1 rings (SSSR count). The van der Waals surface area contributed by atoms with E-state index in [0.717, 1.165) is 6.07 Å². The standard InChI is InChI=1S/C13H16BrN3O4/c1-7(2)15-12(18)8(3)16-13(19)9-4-5-10(14)11(6-9)17(20)21/h4-8H,1-3H3,(H,15,18)(H,16,19). The quantitative estimate of drug-likeness (QED) is 0.621. The topological polar surface area (TPSA) is 101 Å². The van der Waals surface area contributed by atoms with Gasteiger partial charge in [0, 0.05) is 17.7 Å². The van der Waals surface area contributed by atoms with E-state index in [1.54, 1.807) is 6.92 Å². The highest BCUT2D eigenvalue weighted by molar-refractivity contribution is 9.10. The predicted octanol–water partition coefficient (Wildman–Crippen LogP) is 2.00. The number of amides is 2. The zero-order valence-electron chi connectivity index (χ0n) is 11.8. The van der Waals surface area contributed by atoms with Gasteiger partial charge in [0.2, 0.25) is 5.91 Å². The maximum absolute atomic E-state index is 12.0. The molecule has 1 aromatic carbocycles. The van der Waals surface area contributed by atoms with Crippen molar-refractivity contribution in [2.45, 2.75) is 32.9 Å². The maximum Gasteiger partial charge on any atom is 0.284 e. The van der Waals surface area contributed by atoms with E-state index in [0.29, 0.717) is 0 Å². The van der Waals surface area contributed by atoms with Crippen molar-refractivity contribution >= 4 is 33.4 Å². The summed E-state index contributed by atoms with van der Waals surface area (Å²) in [7, 11) is 0. The van der Waals surface area contributed by atoms with Crippen LogP contribution in [0, 0.1) is 10.1 Å². The van der Waals surface area contributed by atoms with Crippen LogP contribution in [-0.2, 0) is 4.79 Å². The highest BCUT2D eigenvalue weighted by Gasteiger charge is 2.20. The fourth-order valence-corrected chi connectivity index (χ4v) is 1.94. The Morgan fingerprint density at radius 2 is 1.86 bits per heavy atom. The van der Waals surface area contributed by atoms with Gasteiger partial charge in [-0.15, -0.1) is 0 Å². The lowest BCUT2D eigenvalue weighted by atomic mass is 10.1. The number of nitrogens with zero attached hydrogens (tertiary/aromatic N) is 1. The molecule has 8 heteroatoms. The number of hydrogen-bond acceptors (Lipinski definition) is 4. The third kappa shape index (κ3) is 4.82. The van der Waals surface area contributed by atoms with Gasteiger partial charge in [-0.05, 0) is 48.8 Å². The average molecular weight is 358 g/mol. The van der Waals surface area contributed by atoms with Crippen LogP contribution in [-0.4, -0.2) is 28.8 Å². The lowest BCUT2D eigenvalue weighted by Crippen LogP contribution is -2.46. The first-order chi connectivity index (χ1) is 9.72. The average Bonchev–Trinajstić information content (AvgIpc) is 2.37. The molecule has 0 saturated heterocycles. The minimum absolute atomic E-state index is 0.0365. The summed E-state index contributed by atoms with van der Waals surface area (Å²) in [5.41, 5.74) is -0.0870. The van der Waals surface area contributed by atoms with Crippen LogP contribution in [0.1, 0.15) is 31.1 Å². The summed E-state index contributed by atoms with van der Waals surface area (Å²) in [6.07, 6.45) is 0. The third-order valence-electron chi connectivity index (χ3n) is 2.58. The van der Waals surface area contributed by atoms with Gasteiger partial charge in [-0.1, -0.05) is 0 Å². The molecule has 0 aliphatic heterocycles. The molecule has 0 fully saturated rings. The largest absolute Gasteiger partial charge is 0.352 e. The summed E-state index contributed by atoms with van der Waals surface area (Å²) in [6, 6.07) is 3.26. The second-order valence-corrected chi connectivity index (χ2v) is 5.64. The van der Waals surface area contributed by atoms with Crippen LogP contribution in [0.25, 0.3) is 0 Å². The fourth-order valence-electron chi connectivity index (χ4n) is 1.55. The molecule has 2 N–H and O–H groups in total. The Labute approximate surface area is 130 Å². The molecule has 114 valence electrons. The smallest absolute Gasteiger partial charge is 0.284 e. The molecule has 0 aromatic heterocycles. The predicted molar refractivity (Wildman–Crippen MR) is 81.0 cm³/mol. The van der Waals surface area contributed by atoms with Crippen LogP contribution < -0.4 is 10.6 Å². The van der Waals surface area contributed by atoms with Crippen LogP contribution in [0.3, 0.4) is 0 Å². The molecule has 2 amide bonds. The minimum atomic E-state index is -0.734. The molecule has 0 saturated carbocycles. The van der Waals surface area contributed by atoms with Crippen molar-refractivity contribution in [3.63, 3.8) is 0 Å². The molecule has 1 aromatic rings. The molecule has 0 radical (unpaired) electrons. The lowest BCUT2D eigenvalue weighted by molar-refractivity contribution is -0.385. The summed E-state index contributed by atoms with van der Waals surface area (Å²) in [6.45, 7) is 5.16. The van der Waals surface area contributed by atoms with Gasteiger partial charge in [0.15, 0.2) is 0 Å². The second kappa shape index (κ2) is 7.16. The first kappa shape index (κ1) is 17.1. The number of rotatable bonds is 5. The van der Waals surface area contributed by atoms with Gasteiger partial charge >= 0.3 is 0 Å². The van der Waals surface area contributed by atoms with E-state index in [1.807, 2.05) is 13.8 Å². The van der Waals surface area contributed by atoms with Gasteiger partial charge in [-0.2, -0.15) is 0 Å². The number of halogens is 1. The molecule has 0 heterocycles. The number of nitro benzene ring substituents is 1. The van der Waals surface area contributed by atoms with Crippen molar-refractivity contribution < 1.29 is 14.5 Å². The van der Waals surface area contributed by atoms with Crippen molar-refractivity contribution in [2.75, 3.05) is 0 Å². The Hall–Kier alpha value is -1.96. The summed E-state index contributed by atoms with van der Waals surface area (Å²) < 4.78 is 0.287. The highest BCUT2D eigenvalue weighted by atomic mass is 79.9. The Morgan fingerprint density at radius 1 is 1.24 bits per heavy atom. The van der Waals surface area contributed by atoms with Gasteiger partial charge in [-0.25, -0.2) is 0 Å². The summed E-state index contributed by atoms with van der Waals surface area (Å²) in [5, 5.41) is 16.0. The first-order valence-electron chi connectivity index (χ1n) is 6.27. The van der Waals surface area contributed by atoms with Crippen LogP contribution in [0.2, 0.25) is 0 Å². The second-order valence-electron chi connectivity index (χ2n) is 4.78. The molecule has 0 bridgehead atoms. The van der Waals surface area contributed by atoms with Crippen molar-refractivity contribution in [2.24, 2.45) is 0 Å². The fraction of sp³-hybridized carbons (Fsp3) is 0.385. The van der Waals surface area contributed by atoms with E-state index in [4.69, 9.17) is 0 Å². The molecular weight excluding hydrogens is 342 g/mol. The van der Waals surface area contributed by atoms with E-state index in [2.05, 4.69) is 26.6 Å². The number of nitro groups is 1. The SMILES string of the molecule is CC(C)NC(=O)C(C)NC(=O)c1ccc(Br)c([N+](=O)[O-])c1. The molecule has 0 spiro atoms. The van der Waals surface area contributed by atoms with Crippen LogP contribution >= 0.6 is 15.9 Å².